The van der Waals surface area contributed by atoms with Crippen LogP contribution in [0, 0.1) is 11.3 Å². The molecule has 6 heteroatoms. The summed E-state index contributed by atoms with van der Waals surface area (Å²) in [4.78, 5) is 4.72. The summed E-state index contributed by atoms with van der Waals surface area (Å²) in [5, 5.41) is 1.44. The maximum Gasteiger partial charge on any atom is 0.135 e. The molecule has 2 unspecified atom stereocenters. The first-order chi connectivity index (χ1) is 29.0. The second-order valence-corrected chi connectivity index (χ2v) is 17.1. The van der Waals surface area contributed by atoms with E-state index in [4.69, 9.17) is 9.47 Å². The molecule has 0 radical (unpaired) electrons. The Labute approximate surface area is 358 Å². The van der Waals surface area contributed by atoms with Gasteiger partial charge in [0, 0.05) is 46.5 Å². The Morgan fingerprint density at radius 2 is 1.07 bits per heavy atom. The maximum absolute atomic E-state index is 6.20. The van der Waals surface area contributed by atoms with Gasteiger partial charge in [-0.3, -0.25) is 0 Å². The van der Waals surface area contributed by atoms with Crippen LogP contribution in [0.2, 0.25) is 0 Å². The Morgan fingerprint density at radius 3 is 1.59 bits per heavy atom. The smallest absolute Gasteiger partial charge is 0.135 e. The van der Waals surface area contributed by atoms with E-state index in [1.165, 1.54) is 60.4 Å². The molecule has 4 nitrogen and oxygen atoms in total. The van der Waals surface area contributed by atoms with Crippen LogP contribution in [0.1, 0.15) is 71.8 Å². The molecule has 0 bridgehead atoms. The summed E-state index contributed by atoms with van der Waals surface area (Å²) in [5.41, 5.74) is 10.8. The number of anilines is 6. The van der Waals surface area contributed by atoms with Gasteiger partial charge in [0.15, 0.2) is 0 Å². The summed E-state index contributed by atoms with van der Waals surface area (Å²) in [6.07, 6.45) is 8.74. The fraction of sp³-hybridized carbons (Fsp3) is 0.321. The molecule has 0 heterocycles. The number of hydrogen-bond acceptors (Lipinski definition) is 4. The van der Waals surface area contributed by atoms with E-state index in [2.05, 4.69) is 195 Å². The number of nitrogens with zero attached hydrogens (tertiary/aromatic N) is 2. The van der Waals surface area contributed by atoms with Crippen molar-refractivity contribution in [3.8, 4) is 11.1 Å². The van der Waals surface area contributed by atoms with Crippen LogP contribution in [0.25, 0.3) is 11.1 Å². The zero-order valence-corrected chi connectivity index (χ0v) is 37.1. The average Bonchev–Trinajstić information content (AvgIpc) is 3.29. The van der Waals surface area contributed by atoms with Crippen LogP contribution < -0.4 is 15.1 Å². The van der Waals surface area contributed by atoms with Gasteiger partial charge in [0.2, 0.25) is 0 Å². The predicted molar refractivity (Wildman–Crippen MR) is 259 cm³/mol. The Hall–Kier alpha value is -4.67. The van der Waals surface area contributed by atoms with Gasteiger partial charge >= 0.3 is 0 Å². The van der Waals surface area contributed by atoms with Crippen LogP contribution in [-0.2, 0) is 16.1 Å². The normalized spacial score (nSPS) is 12.2. The molecule has 0 aliphatic carbocycles. The van der Waals surface area contributed by atoms with E-state index in [9.17, 15) is 0 Å². The average molecular weight is 803 g/mol. The van der Waals surface area contributed by atoms with E-state index in [-0.39, 0.29) is 0 Å². The van der Waals surface area contributed by atoms with Gasteiger partial charge in [-0.25, -0.2) is 0 Å². The molecular weight excluding hydrogens is 738 g/mol. The molecule has 0 aliphatic heterocycles. The molecule has 0 fully saturated rings. The molecule has 0 saturated heterocycles. The third-order valence-electron chi connectivity index (χ3n) is 11.9. The highest BCUT2D eigenvalue weighted by Gasteiger charge is 2.25. The quantitative estimate of drug-likeness (QED) is 0.0476. The van der Waals surface area contributed by atoms with Crippen molar-refractivity contribution in [2.75, 3.05) is 35.7 Å². The lowest BCUT2D eigenvalue weighted by molar-refractivity contribution is 0.0434. The molecule has 0 amide bonds. The van der Waals surface area contributed by atoms with Gasteiger partial charge in [-0.1, -0.05) is 147 Å². The highest BCUT2D eigenvalue weighted by molar-refractivity contribution is 7.47. The molecule has 0 spiro atoms. The van der Waals surface area contributed by atoms with Crippen LogP contribution in [0.3, 0.4) is 0 Å². The van der Waals surface area contributed by atoms with Crippen LogP contribution in [0.5, 0.6) is 0 Å². The van der Waals surface area contributed by atoms with E-state index >= 15 is 0 Å². The van der Waals surface area contributed by atoms with Crippen LogP contribution >= 0.6 is 8.58 Å². The van der Waals surface area contributed by atoms with Gasteiger partial charge in [0.05, 0.1) is 19.8 Å². The lowest BCUT2D eigenvalue weighted by Gasteiger charge is -2.32. The van der Waals surface area contributed by atoms with Crippen molar-refractivity contribution >= 4 is 55.9 Å². The third kappa shape index (κ3) is 12.0. The van der Waals surface area contributed by atoms with Crippen molar-refractivity contribution in [3.05, 3.63) is 163 Å². The molecule has 0 aliphatic rings. The third-order valence-corrected chi connectivity index (χ3v) is 13.5. The molecule has 306 valence electrons. The van der Waals surface area contributed by atoms with Crippen molar-refractivity contribution < 1.29 is 9.47 Å². The first-order valence-corrected chi connectivity index (χ1v) is 23.2. The number of benzene rings is 6. The summed E-state index contributed by atoms with van der Waals surface area (Å²) in [5.74, 6) is 0.408. The van der Waals surface area contributed by atoms with Gasteiger partial charge < -0.3 is 19.3 Å². The minimum absolute atomic E-state index is 0.408. The first kappa shape index (κ1) is 43.9. The van der Waals surface area contributed by atoms with Crippen molar-refractivity contribution in [3.63, 3.8) is 0 Å². The highest BCUT2D eigenvalue weighted by Crippen LogP contribution is 2.41. The Bertz CT molecular complexity index is 2110. The maximum atomic E-state index is 6.20. The second-order valence-electron chi connectivity index (χ2n) is 15.8. The molecule has 6 aromatic carbocycles. The Balaban J connectivity index is 1.22. The van der Waals surface area contributed by atoms with Crippen molar-refractivity contribution in [2.45, 2.75) is 72.8 Å². The molecule has 6 rings (SSSR count). The lowest BCUT2D eigenvalue weighted by atomic mass is 9.80. The Kier molecular flexibility index (Phi) is 16.8. The molecule has 2 atom stereocenters. The van der Waals surface area contributed by atoms with Gasteiger partial charge in [-0.15, -0.1) is 0 Å². The highest BCUT2D eigenvalue weighted by atomic mass is 31.1. The largest absolute Gasteiger partial charge is 0.390 e. The topological polar surface area (TPSA) is 24.9 Å². The standard InChI is InChI=1S/C53H64BN2O2P/c1-5-9-34-53(7-3,8-4)40-59-52-25-17-24-51(36-52)56(47-21-14-11-15-22-47)49-32-28-45(29-33-49)44-26-30-48(31-27-44)55(46-19-12-10-13-20-46)50-23-16-18-43(35-50)39-57-37-42(6-2)38-58-41-54/h10-33,35-36,42,59H,5-9,34,37-41,54H2,1-4H3. The SMILES string of the molecule is BCOCC(CC)COCc1cccc(N(c2ccccc2)c2ccc(-c3ccc(N(c4ccccc4)c4cccc(PCC(CC)(CC)CCCC)c4)cc3)cc2)c1. The van der Waals surface area contributed by atoms with Crippen molar-refractivity contribution in [2.24, 2.45) is 11.3 Å². The van der Waals surface area contributed by atoms with Gasteiger partial charge in [-0.2, -0.15) is 0 Å². The van der Waals surface area contributed by atoms with Gasteiger partial charge in [0.25, 0.3) is 0 Å². The fourth-order valence-electron chi connectivity index (χ4n) is 7.89. The van der Waals surface area contributed by atoms with Crippen LogP contribution in [-0.4, -0.2) is 33.7 Å². The van der Waals surface area contributed by atoms with Crippen molar-refractivity contribution in [1.82, 2.24) is 0 Å². The van der Waals surface area contributed by atoms with E-state index in [1.54, 1.807) is 0 Å². The number of hydrogen-bond donors (Lipinski definition) is 0. The monoisotopic (exact) mass is 802 g/mol. The molecule has 0 aromatic heterocycles. The van der Waals surface area contributed by atoms with E-state index < -0.39 is 0 Å². The molecule has 6 aromatic rings. The minimum Gasteiger partial charge on any atom is -0.390 e. The minimum atomic E-state index is 0.408. The summed E-state index contributed by atoms with van der Waals surface area (Å²) < 4.78 is 11.9. The molecular formula is C53H64BN2O2P. The first-order valence-electron chi connectivity index (χ1n) is 22.0. The summed E-state index contributed by atoms with van der Waals surface area (Å²) >= 11 is 0. The van der Waals surface area contributed by atoms with E-state index in [0.717, 1.165) is 62.1 Å². The fourth-order valence-corrected chi connectivity index (χ4v) is 9.61. The number of rotatable bonds is 23. The van der Waals surface area contributed by atoms with Gasteiger partial charge in [0.1, 0.15) is 7.85 Å². The number of unbranched alkanes of at least 4 members (excludes halogenated alkanes) is 1. The number of para-hydroxylation sites is 2. The lowest BCUT2D eigenvalue weighted by Crippen LogP contribution is -2.22. The number of ether oxygens (including phenoxy) is 2. The summed E-state index contributed by atoms with van der Waals surface area (Å²) in [6, 6.07) is 57.3. The Morgan fingerprint density at radius 1 is 0.559 bits per heavy atom. The van der Waals surface area contributed by atoms with Gasteiger partial charge in [-0.05, 0) is 119 Å². The van der Waals surface area contributed by atoms with E-state index in [1.807, 2.05) is 7.85 Å². The summed E-state index contributed by atoms with van der Waals surface area (Å²) in [7, 11) is 2.84. The van der Waals surface area contributed by atoms with Crippen LogP contribution in [0.4, 0.5) is 34.1 Å². The molecule has 0 N–H and O–H groups in total. The second kappa shape index (κ2) is 22.6. The summed E-state index contributed by atoms with van der Waals surface area (Å²) in [6.45, 7) is 12.0. The predicted octanol–water partition coefficient (Wildman–Crippen LogP) is 13.7. The van der Waals surface area contributed by atoms with Crippen molar-refractivity contribution in [1.29, 1.82) is 0 Å². The van der Waals surface area contributed by atoms with Crippen LogP contribution in [0.15, 0.2) is 158 Å². The zero-order chi connectivity index (χ0) is 41.3. The molecule has 0 saturated carbocycles. The zero-order valence-electron chi connectivity index (χ0n) is 36.1. The van der Waals surface area contributed by atoms with E-state index in [0.29, 0.717) is 24.5 Å². The molecule has 59 heavy (non-hydrogen) atoms.